The fraction of sp³-hybridized carbons (Fsp3) is 0.478. The first kappa shape index (κ1) is 46.9. The van der Waals surface area contributed by atoms with Crippen molar-refractivity contribution in [2.75, 3.05) is 13.7 Å². The molecule has 328 valence electrons. The molecule has 1 amide bonds. The van der Waals surface area contributed by atoms with Gasteiger partial charge in [-0.25, -0.2) is 4.79 Å². The second kappa shape index (κ2) is 20.7. The Kier molecular flexibility index (Phi) is 15.7. The van der Waals surface area contributed by atoms with E-state index in [1.165, 1.54) is 19.3 Å². The van der Waals surface area contributed by atoms with Gasteiger partial charge in [0.15, 0.2) is 29.7 Å². The maximum Gasteiger partial charge on any atom is 0.411 e. The molecule has 4 N–H and O–H groups in total. The number of aliphatic hydroxyl groups is 1. The number of phenols is 1. The summed E-state index contributed by atoms with van der Waals surface area (Å²) in [5.74, 6) is 11.2. The van der Waals surface area contributed by atoms with Crippen LogP contribution in [0, 0.1) is 47.4 Å². The highest BCUT2D eigenvalue weighted by molar-refractivity contribution is 8.37. The first-order valence-electron chi connectivity index (χ1n) is 20.6. The summed E-state index contributed by atoms with van der Waals surface area (Å²) in [5.41, 5.74) is -0.189. The van der Waals surface area contributed by atoms with Crippen molar-refractivity contribution in [3.05, 3.63) is 71.2 Å². The summed E-state index contributed by atoms with van der Waals surface area (Å²) in [7, 11) is 2.10. The average molecular weight is 902 g/mol. The van der Waals surface area contributed by atoms with E-state index in [0.29, 0.717) is 42.7 Å². The molecule has 7 unspecified atom stereocenters. The zero-order valence-electron chi connectivity index (χ0n) is 35.4. The Morgan fingerprint density at radius 1 is 1.15 bits per heavy atom. The molecule has 4 heterocycles. The van der Waals surface area contributed by atoms with Crippen molar-refractivity contribution in [3.8, 4) is 29.4 Å². The number of ketones is 2. The summed E-state index contributed by atoms with van der Waals surface area (Å²) < 4.78 is 31.4. The topological polar surface area (TPSA) is 179 Å². The number of alkyl carbamates (subject to hydrolysis) is 1. The van der Waals surface area contributed by atoms with E-state index in [1.807, 2.05) is 6.92 Å². The number of H-pyrrole nitrogens is 1. The van der Waals surface area contributed by atoms with Crippen LogP contribution in [-0.4, -0.2) is 88.1 Å². The summed E-state index contributed by atoms with van der Waals surface area (Å²) in [6.07, 6.45) is 2.49. The van der Waals surface area contributed by atoms with Crippen LogP contribution < -0.4 is 5.32 Å². The average Bonchev–Trinajstić information content (AvgIpc) is 3.60. The number of aromatic nitrogens is 2. The van der Waals surface area contributed by atoms with E-state index in [-0.39, 0.29) is 40.5 Å². The van der Waals surface area contributed by atoms with Crippen LogP contribution in [0.15, 0.2) is 65.5 Å². The number of hydrogen-bond donors (Lipinski definition) is 4. The van der Waals surface area contributed by atoms with Gasteiger partial charge in [-0.1, -0.05) is 57.5 Å². The van der Waals surface area contributed by atoms with E-state index < -0.39 is 60.7 Å². The zero-order valence-corrected chi connectivity index (χ0v) is 37.8. The van der Waals surface area contributed by atoms with Crippen molar-refractivity contribution >= 4 is 70.7 Å². The Hall–Kier alpha value is -4.62. The van der Waals surface area contributed by atoms with Crippen molar-refractivity contribution in [2.24, 2.45) is 23.7 Å². The van der Waals surface area contributed by atoms with E-state index >= 15 is 0 Å². The number of phenolic OH excluding ortho intramolecular Hbond substituents is 1. The summed E-state index contributed by atoms with van der Waals surface area (Å²) in [6.45, 7) is 10.7. The zero-order chi connectivity index (χ0) is 44.7. The number of methoxy groups -OCH3 is 1. The number of ether oxygens (including phenoxy) is 5. The van der Waals surface area contributed by atoms with Crippen LogP contribution in [0.4, 0.5) is 4.79 Å². The fourth-order valence-corrected chi connectivity index (χ4v) is 8.59. The number of nitrogens with zero attached hydrogens (tertiary/aromatic N) is 1. The maximum atomic E-state index is 14.6. The van der Waals surface area contributed by atoms with Gasteiger partial charge in [0.25, 0.3) is 0 Å². The number of carbonyl (C=O) groups excluding carboxylic acids is 3. The van der Waals surface area contributed by atoms with Crippen molar-refractivity contribution in [1.82, 2.24) is 15.3 Å². The van der Waals surface area contributed by atoms with E-state index in [1.54, 1.807) is 43.5 Å². The van der Waals surface area contributed by atoms with Gasteiger partial charge in [0.1, 0.15) is 23.7 Å². The number of pyridine rings is 1. The lowest BCUT2D eigenvalue weighted by atomic mass is 9.75. The monoisotopic (exact) mass is 901 g/mol. The second-order valence-electron chi connectivity index (χ2n) is 16.3. The van der Waals surface area contributed by atoms with Crippen LogP contribution in [0.3, 0.4) is 0 Å². The second-order valence-corrected chi connectivity index (χ2v) is 18.0. The van der Waals surface area contributed by atoms with E-state index in [9.17, 15) is 24.6 Å². The molecule has 13 nitrogen and oxygen atoms in total. The van der Waals surface area contributed by atoms with E-state index in [4.69, 9.17) is 23.7 Å². The molecule has 2 fully saturated rings. The third kappa shape index (κ3) is 10.4. The van der Waals surface area contributed by atoms with Gasteiger partial charge in [0.05, 0.1) is 43.4 Å². The number of hydrogen-bond acceptors (Lipinski definition) is 13. The Balaban J connectivity index is 0.00000208. The molecule has 16 heteroatoms. The van der Waals surface area contributed by atoms with Gasteiger partial charge in [-0.05, 0) is 80.4 Å². The molecule has 2 saturated heterocycles. The molecule has 2 aliphatic carbocycles. The third-order valence-corrected chi connectivity index (χ3v) is 11.5. The lowest BCUT2D eigenvalue weighted by Gasteiger charge is -2.43. The minimum absolute atomic E-state index is 0.103. The van der Waals surface area contributed by atoms with Gasteiger partial charge in [0, 0.05) is 71.3 Å². The Morgan fingerprint density at radius 2 is 1.90 bits per heavy atom. The van der Waals surface area contributed by atoms with Gasteiger partial charge >= 0.3 is 6.09 Å². The van der Waals surface area contributed by atoms with Crippen molar-refractivity contribution in [2.45, 2.75) is 103 Å². The molecule has 7 rings (SSSR count). The highest BCUT2D eigenvalue weighted by Gasteiger charge is 2.48. The van der Waals surface area contributed by atoms with Crippen LogP contribution in [0.25, 0.3) is 21.8 Å². The van der Waals surface area contributed by atoms with Crippen molar-refractivity contribution in [1.29, 1.82) is 0 Å². The summed E-state index contributed by atoms with van der Waals surface area (Å²) >= 11 is 8.25. The van der Waals surface area contributed by atoms with Crippen LogP contribution in [0.1, 0.15) is 77.2 Å². The summed E-state index contributed by atoms with van der Waals surface area (Å²) in [6, 6.07) is 6.77. The first-order chi connectivity index (χ1) is 29.7. The fourth-order valence-electron chi connectivity index (χ4n) is 8.59. The third-order valence-electron chi connectivity index (χ3n) is 11.5. The van der Waals surface area contributed by atoms with Crippen LogP contribution >= 0.6 is 0 Å². The number of nitrogens with one attached hydrogen (secondary N) is 2. The molecule has 0 radical (unpaired) electrons. The van der Waals surface area contributed by atoms with E-state index in [0.717, 1.165) is 31.6 Å². The van der Waals surface area contributed by atoms with Crippen molar-refractivity contribution < 1.29 is 48.3 Å². The molecule has 2 bridgehead atoms. The number of rotatable bonds is 10. The number of fused-ring (bicyclic) bond motifs is 5. The van der Waals surface area contributed by atoms with Crippen LogP contribution in [-0.2, 0) is 59.7 Å². The molecule has 2 aromatic heterocycles. The molecule has 1 aromatic carbocycles. The molecule has 9 atom stereocenters. The Bertz CT molecular complexity index is 2470. The first-order valence-corrected chi connectivity index (χ1v) is 23.3. The number of amides is 1. The molecule has 62 heavy (non-hydrogen) atoms. The normalized spacial score (nSPS) is 29.4. The maximum absolute atomic E-state index is 14.6. The lowest BCUT2D eigenvalue weighted by Crippen LogP contribution is -2.52. The van der Waals surface area contributed by atoms with Gasteiger partial charge in [-0.3, -0.25) is 19.9 Å². The van der Waals surface area contributed by atoms with Crippen LogP contribution in [0.5, 0.6) is 5.75 Å². The quantitative estimate of drug-likeness (QED) is 0.130. The predicted molar refractivity (Wildman–Crippen MR) is 241 cm³/mol. The smallest absolute Gasteiger partial charge is 0.411 e. The van der Waals surface area contributed by atoms with Crippen molar-refractivity contribution in [3.63, 3.8) is 0 Å². The molecule has 0 saturated carbocycles. The highest BCUT2D eigenvalue weighted by atomic mass is 33.1. The highest BCUT2D eigenvalue weighted by Crippen LogP contribution is 2.41. The van der Waals surface area contributed by atoms with Crippen LogP contribution in [0.2, 0.25) is 0 Å². The molecular weight excluding hydrogens is 851 g/mol. The number of aromatic amines is 1. The molecule has 2 aliphatic heterocycles. The van der Waals surface area contributed by atoms with Gasteiger partial charge < -0.3 is 38.9 Å². The molecule has 4 aliphatic rings. The minimum Gasteiger partial charge on any atom is -0.508 e. The Labute approximate surface area is 373 Å². The summed E-state index contributed by atoms with van der Waals surface area (Å²) in [4.78, 5) is 49.0. The molecular formula is C46H51N3O10S3. The lowest BCUT2D eigenvalue weighted by molar-refractivity contribution is -0.303. The minimum atomic E-state index is -1.92. The number of aromatic hydroxyl groups is 1. The SMILES string of the molecule is CC/C=C1\C2=C(NC(=O)OC)C(=O)C[C@@]1(O)C#C/C=C\C#C[C@@H]2OC1OC(C)C(C(=O)c2nccc3c2[nH]c2ccc(O)cc23)CC1OC1CC(C)C(CC(C)C)CO1.S=S=S. The number of allylic oxidation sites excluding steroid dienone is 4. The van der Waals surface area contributed by atoms with Gasteiger partial charge in [0.2, 0.25) is 0 Å². The predicted octanol–water partition coefficient (Wildman–Crippen LogP) is 6.39. The van der Waals surface area contributed by atoms with Gasteiger partial charge in [-0.2, -0.15) is 0 Å². The number of Topliss-reactive ketones (excluding diaryl/α,β-unsaturated/α-hetero) is 2. The Morgan fingerprint density at radius 3 is 2.61 bits per heavy atom. The summed E-state index contributed by atoms with van der Waals surface area (Å²) in [5, 5.41) is 26.2. The van der Waals surface area contributed by atoms with E-state index in [2.05, 4.69) is 82.1 Å². The number of carbonyl (C=O) groups is 3. The largest absolute Gasteiger partial charge is 0.508 e. The van der Waals surface area contributed by atoms with Gasteiger partial charge in [-0.15, -0.1) is 0 Å². The number of benzene rings is 1. The standard InChI is InChI=1S/C46H51N3O10.S3/c1-7-12-33-39-36(13-10-8-9-11-17-46(33,54)23-35(51)41(39)49-45(53)55-6)59-44-37(58-38-20-26(4)28(24-56-38)19-25(2)3)22-31(27(5)57-44)43(52)42-40-30(16-18-47-42)32-21-29(50)14-15-34(32)48-40;1-3-2/h8-9,12,14-16,18,21,25-28,31,36-38,44,48,50,54H,7,19-20,22-24H2,1-6H3,(H,49,53);/b9-8-,33-12+;/t26?,27?,28?,31?,36-,37?,38?,44?,46-;/m0./s1. The molecule has 3 aromatic rings. The molecule has 0 spiro atoms.